The Bertz CT molecular complexity index is 812. The summed E-state index contributed by atoms with van der Waals surface area (Å²) in [5.41, 5.74) is 0.355. The molecule has 2 aromatic heterocycles. The van der Waals surface area contributed by atoms with Gasteiger partial charge in [-0.15, -0.1) is 15.3 Å². The molecule has 0 unspecified atom stereocenters. The molecule has 3 aromatic rings. The lowest BCUT2D eigenvalue weighted by molar-refractivity contribution is -0.146. The lowest BCUT2D eigenvalue weighted by Gasteiger charge is -2.08. The number of alkyl halides is 3. The van der Waals surface area contributed by atoms with Crippen molar-refractivity contribution in [3.63, 3.8) is 0 Å². The molecule has 0 aliphatic heterocycles. The van der Waals surface area contributed by atoms with Gasteiger partial charge in [0.05, 0.1) is 0 Å². The van der Waals surface area contributed by atoms with Crippen molar-refractivity contribution in [2.75, 3.05) is 5.32 Å². The standard InChI is InChI=1S/C13H9F4N5/c14-9-4-2-1-3-8(9)7-18-10-5-6-11-19-20-12(13(15,16)17)22(11)21-10/h1-6H,7H2,(H,18,21). The number of benzene rings is 1. The molecule has 5 nitrogen and oxygen atoms in total. The zero-order valence-electron chi connectivity index (χ0n) is 11.0. The van der Waals surface area contributed by atoms with E-state index in [1.54, 1.807) is 18.2 Å². The molecule has 3 rings (SSSR count). The Morgan fingerprint density at radius 2 is 1.82 bits per heavy atom. The van der Waals surface area contributed by atoms with Crippen molar-refractivity contribution in [2.45, 2.75) is 12.7 Å². The average Bonchev–Trinajstić information content (AvgIpc) is 2.89. The van der Waals surface area contributed by atoms with Crippen LogP contribution in [0.2, 0.25) is 0 Å². The molecule has 0 saturated heterocycles. The molecular weight excluding hydrogens is 302 g/mol. The Morgan fingerprint density at radius 1 is 1.05 bits per heavy atom. The van der Waals surface area contributed by atoms with E-state index in [0.717, 1.165) is 0 Å². The molecule has 0 amide bonds. The molecule has 22 heavy (non-hydrogen) atoms. The highest BCUT2D eigenvalue weighted by Gasteiger charge is 2.37. The molecule has 0 bridgehead atoms. The molecule has 1 aromatic carbocycles. The van der Waals surface area contributed by atoms with E-state index in [1.165, 1.54) is 18.2 Å². The molecule has 1 N–H and O–H groups in total. The third-order valence-corrected chi connectivity index (χ3v) is 2.93. The maximum Gasteiger partial charge on any atom is 0.453 e. The second kappa shape index (κ2) is 5.24. The molecule has 0 aliphatic rings. The normalized spacial score (nSPS) is 11.8. The molecule has 0 spiro atoms. The van der Waals surface area contributed by atoms with Gasteiger partial charge in [0, 0.05) is 12.1 Å². The summed E-state index contributed by atoms with van der Waals surface area (Å²) >= 11 is 0. The van der Waals surface area contributed by atoms with E-state index in [4.69, 9.17) is 0 Å². The van der Waals surface area contributed by atoms with Crippen LogP contribution in [0.3, 0.4) is 0 Å². The first kappa shape index (κ1) is 14.2. The highest BCUT2D eigenvalue weighted by molar-refractivity contribution is 5.44. The third-order valence-electron chi connectivity index (χ3n) is 2.93. The fraction of sp³-hybridized carbons (Fsp3) is 0.154. The lowest BCUT2D eigenvalue weighted by Crippen LogP contribution is -2.13. The Hall–Kier alpha value is -2.71. The quantitative estimate of drug-likeness (QED) is 0.756. The van der Waals surface area contributed by atoms with Crippen LogP contribution in [-0.4, -0.2) is 19.8 Å². The molecule has 0 atom stereocenters. The van der Waals surface area contributed by atoms with Gasteiger partial charge in [-0.2, -0.15) is 17.7 Å². The first-order valence-electron chi connectivity index (χ1n) is 6.22. The zero-order chi connectivity index (χ0) is 15.7. The topological polar surface area (TPSA) is 55.1 Å². The molecule has 0 fully saturated rings. The monoisotopic (exact) mass is 311 g/mol. The van der Waals surface area contributed by atoms with E-state index in [1.807, 2.05) is 0 Å². The molecule has 0 saturated carbocycles. The lowest BCUT2D eigenvalue weighted by atomic mass is 10.2. The van der Waals surface area contributed by atoms with E-state index in [9.17, 15) is 17.6 Å². The summed E-state index contributed by atoms with van der Waals surface area (Å²) < 4.78 is 52.3. The minimum Gasteiger partial charge on any atom is -0.364 e. The number of aromatic nitrogens is 4. The maximum absolute atomic E-state index is 13.5. The smallest absolute Gasteiger partial charge is 0.364 e. The fourth-order valence-electron chi connectivity index (χ4n) is 1.89. The highest BCUT2D eigenvalue weighted by atomic mass is 19.4. The van der Waals surface area contributed by atoms with Gasteiger partial charge in [0.2, 0.25) is 0 Å². The second-order valence-electron chi connectivity index (χ2n) is 4.45. The summed E-state index contributed by atoms with van der Waals surface area (Å²) in [5.74, 6) is -1.46. The van der Waals surface area contributed by atoms with Crippen molar-refractivity contribution in [2.24, 2.45) is 0 Å². The summed E-state index contributed by atoms with van der Waals surface area (Å²) in [6, 6.07) is 8.88. The van der Waals surface area contributed by atoms with Crippen LogP contribution in [0.15, 0.2) is 36.4 Å². The largest absolute Gasteiger partial charge is 0.453 e. The van der Waals surface area contributed by atoms with Crippen LogP contribution in [0.1, 0.15) is 11.4 Å². The number of hydrogen-bond acceptors (Lipinski definition) is 4. The van der Waals surface area contributed by atoms with Gasteiger partial charge in [-0.25, -0.2) is 4.39 Å². The third kappa shape index (κ3) is 2.69. The number of hydrogen-bond donors (Lipinski definition) is 1. The number of rotatable bonds is 3. The predicted molar refractivity (Wildman–Crippen MR) is 69.5 cm³/mol. The summed E-state index contributed by atoms with van der Waals surface area (Å²) in [5, 5.41) is 13.0. The van der Waals surface area contributed by atoms with Crippen molar-refractivity contribution in [1.29, 1.82) is 0 Å². The molecule has 9 heteroatoms. The highest BCUT2D eigenvalue weighted by Crippen LogP contribution is 2.27. The van der Waals surface area contributed by atoms with Crippen LogP contribution in [0.4, 0.5) is 23.4 Å². The van der Waals surface area contributed by atoms with Gasteiger partial charge in [0.1, 0.15) is 11.6 Å². The minimum absolute atomic E-state index is 0.0243. The van der Waals surface area contributed by atoms with Crippen LogP contribution < -0.4 is 5.32 Å². The summed E-state index contributed by atoms with van der Waals surface area (Å²) in [4.78, 5) is 0. The van der Waals surface area contributed by atoms with Crippen LogP contribution >= 0.6 is 0 Å². The fourth-order valence-corrected chi connectivity index (χ4v) is 1.89. The number of nitrogens with one attached hydrogen (secondary N) is 1. The van der Waals surface area contributed by atoms with Gasteiger partial charge in [-0.1, -0.05) is 18.2 Å². The van der Waals surface area contributed by atoms with Crippen molar-refractivity contribution in [1.82, 2.24) is 19.8 Å². The van der Waals surface area contributed by atoms with Gasteiger partial charge in [0.25, 0.3) is 5.82 Å². The van der Waals surface area contributed by atoms with Crippen LogP contribution in [-0.2, 0) is 12.7 Å². The summed E-state index contributed by atoms with van der Waals surface area (Å²) in [6.45, 7) is 0.0919. The van der Waals surface area contributed by atoms with Gasteiger partial charge >= 0.3 is 6.18 Å². The Labute approximate surface area is 121 Å². The molecule has 2 heterocycles. The van der Waals surface area contributed by atoms with Crippen molar-refractivity contribution < 1.29 is 17.6 Å². The van der Waals surface area contributed by atoms with E-state index in [-0.39, 0.29) is 18.0 Å². The van der Waals surface area contributed by atoms with Gasteiger partial charge in [0.15, 0.2) is 5.65 Å². The van der Waals surface area contributed by atoms with E-state index in [0.29, 0.717) is 10.1 Å². The van der Waals surface area contributed by atoms with Crippen LogP contribution in [0, 0.1) is 5.82 Å². The van der Waals surface area contributed by atoms with E-state index in [2.05, 4.69) is 20.6 Å². The van der Waals surface area contributed by atoms with Crippen LogP contribution in [0.25, 0.3) is 5.65 Å². The zero-order valence-corrected chi connectivity index (χ0v) is 11.0. The molecular formula is C13H9F4N5. The van der Waals surface area contributed by atoms with Crippen molar-refractivity contribution in [3.05, 3.63) is 53.6 Å². The van der Waals surface area contributed by atoms with Crippen molar-refractivity contribution in [3.8, 4) is 0 Å². The molecule has 0 radical (unpaired) electrons. The minimum atomic E-state index is -4.66. The number of fused-ring (bicyclic) bond motifs is 1. The SMILES string of the molecule is Fc1ccccc1CNc1ccc2nnc(C(F)(F)F)n2n1. The van der Waals surface area contributed by atoms with Crippen molar-refractivity contribution >= 4 is 11.5 Å². The maximum atomic E-state index is 13.5. The van der Waals surface area contributed by atoms with Gasteiger partial charge in [-0.3, -0.25) is 0 Å². The molecule has 0 aliphatic carbocycles. The Morgan fingerprint density at radius 3 is 2.55 bits per heavy atom. The van der Waals surface area contributed by atoms with Gasteiger partial charge < -0.3 is 5.32 Å². The van der Waals surface area contributed by atoms with E-state index >= 15 is 0 Å². The number of halogens is 4. The van der Waals surface area contributed by atoms with E-state index < -0.39 is 17.8 Å². The first-order valence-corrected chi connectivity index (χ1v) is 6.22. The second-order valence-corrected chi connectivity index (χ2v) is 4.45. The van der Waals surface area contributed by atoms with Gasteiger partial charge in [-0.05, 0) is 18.2 Å². The summed E-state index contributed by atoms with van der Waals surface area (Å²) in [7, 11) is 0. The molecule has 114 valence electrons. The predicted octanol–water partition coefficient (Wildman–Crippen LogP) is 2.89. The Balaban J connectivity index is 1.87. The summed E-state index contributed by atoms with van der Waals surface area (Å²) in [6.07, 6.45) is -4.66. The first-order chi connectivity index (χ1) is 10.4. The van der Waals surface area contributed by atoms with Crippen LogP contribution in [0.5, 0.6) is 0 Å². The average molecular weight is 311 g/mol. The number of nitrogens with zero attached hydrogens (tertiary/aromatic N) is 4. The number of anilines is 1. The Kier molecular flexibility index (Phi) is 3.39.